The summed E-state index contributed by atoms with van der Waals surface area (Å²) in [5, 5.41) is 0. The topological polar surface area (TPSA) is 57.0 Å². The molecule has 2 aromatic heterocycles. The van der Waals surface area contributed by atoms with Crippen LogP contribution in [-0.2, 0) is 0 Å². The van der Waals surface area contributed by atoms with Gasteiger partial charge in [0.25, 0.3) is 0 Å². The van der Waals surface area contributed by atoms with Crippen LogP contribution in [0.1, 0.15) is 22.5 Å². The average Bonchev–Trinajstić information content (AvgIpc) is 3.24. The Morgan fingerprint density at radius 3 is 0.889 bits per heavy atom. The maximum atomic E-state index is 5.29. The second-order valence-electron chi connectivity index (χ2n) is 12.8. The molecule has 0 N–H and O–H groups in total. The molecule has 0 radical (unpaired) electrons. The minimum atomic E-state index is 0.705. The Morgan fingerprint density at radius 1 is 0.278 bits per heavy atom. The lowest BCUT2D eigenvalue weighted by Crippen LogP contribution is -2.14. The number of nitrogens with zero attached hydrogens (tertiary/aromatic N) is 6. The Kier molecular flexibility index (Phi) is 8.81. The van der Waals surface area contributed by atoms with Crippen LogP contribution in [-0.4, -0.2) is 21.4 Å². The van der Waals surface area contributed by atoms with Crippen LogP contribution < -0.4 is 9.80 Å². The summed E-state index contributed by atoms with van der Waals surface area (Å²) in [6.07, 6.45) is 3.60. The molecule has 9 rings (SSSR count). The monoisotopic (exact) mass is 694 g/mol. The highest BCUT2D eigenvalue weighted by molar-refractivity contribution is 6.21. The molecule has 0 unspecified atom stereocenters. The fourth-order valence-corrected chi connectivity index (χ4v) is 6.83. The fraction of sp³-hybridized carbons (Fsp3) is 0. The van der Waals surface area contributed by atoms with Crippen molar-refractivity contribution in [2.24, 2.45) is 9.98 Å². The van der Waals surface area contributed by atoms with E-state index in [4.69, 9.17) is 20.0 Å². The van der Waals surface area contributed by atoms with E-state index in [0.717, 1.165) is 68.0 Å². The van der Waals surface area contributed by atoms with E-state index in [2.05, 4.69) is 155 Å². The second-order valence-corrected chi connectivity index (χ2v) is 12.8. The molecule has 54 heavy (non-hydrogen) atoms. The van der Waals surface area contributed by atoms with Crippen LogP contribution in [0.5, 0.6) is 0 Å². The van der Waals surface area contributed by atoms with Crippen LogP contribution in [0.2, 0.25) is 0 Å². The highest BCUT2D eigenvalue weighted by Crippen LogP contribution is 2.38. The average molecular weight is 695 g/mol. The van der Waals surface area contributed by atoms with Crippen molar-refractivity contribution in [1.82, 2.24) is 9.97 Å². The van der Waals surface area contributed by atoms with Gasteiger partial charge in [0, 0.05) is 57.6 Å². The number of hydrogen-bond donors (Lipinski definition) is 0. The van der Waals surface area contributed by atoms with Gasteiger partial charge in [0.05, 0.1) is 22.8 Å². The molecule has 1 aliphatic heterocycles. The molecule has 6 aromatic carbocycles. The summed E-state index contributed by atoms with van der Waals surface area (Å²) in [6, 6.07) is 66.4. The number of aliphatic imine (C=N–C) groups is 2. The van der Waals surface area contributed by atoms with E-state index < -0.39 is 0 Å². The van der Waals surface area contributed by atoms with Gasteiger partial charge in [-0.05, 0) is 97.1 Å². The number of rotatable bonds is 8. The smallest absolute Gasteiger partial charge is 0.115 e. The molecule has 0 amide bonds. The number of benzene rings is 6. The van der Waals surface area contributed by atoms with Crippen molar-refractivity contribution >= 4 is 56.9 Å². The van der Waals surface area contributed by atoms with Gasteiger partial charge in [-0.2, -0.15) is 0 Å². The lowest BCUT2D eigenvalue weighted by Gasteiger charge is -2.26. The fourth-order valence-electron chi connectivity index (χ4n) is 6.83. The molecule has 1 aliphatic rings. The van der Waals surface area contributed by atoms with Gasteiger partial charge in [0.2, 0.25) is 0 Å². The minimum absolute atomic E-state index is 0.705. The van der Waals surface area contributed by atoms with E-state index in [1.807, 2.05) is 48.5 Å². The third-order valence-electron chi connectivity index (χ3n) is 9.34. The lowest BCUT2D eigenvalue weighted by molar-refractivity contribution is 1.22. The molecule has 6 nitrogen and oxygen atoms in total. The Morgan fingerprint density at radius 2 is 0.574 bits per heavy atom. The molecule has 3 heterocycles. The van der Waals surface area contributed by atoms with Gasteiger partial charge in [0.1, 0.15) is 11.4 Å². The molecule has 0 saturated carbocycles. The SMILES string of the molecule is c1ccc(N(c2ccccc2)c2ccc(/C3=N/c4cccnc4/C(c4ccc(N(c5ccccc5)c5ccccc5)cc4)=N\c4cccnc43)cc2)cc1. The third kappa shape index (κ3) is 6.44. The number of fused-ring (bicyclic) bond motifs is 2. The van der Waals surface area contributed by atoms with Crippen molar-refractivity contribution in [2.45, 2.75) is 0 Å². The van der Waals surface area contributed by atoms with E-state index in [0.29, 0.717) is 11.4 Å². The van der Waals surface area contributed by atoms with Gasteiger partial charge in [-0.25, -0.2) is 9.98 Å². The van der Waals surface area contributed by atoms with Crippen LogP contribution in [0.4, 0.5) is 45.5 Å². The number of aromatic nitrogens is 2. The van der Waals surface area contributed by atoms with E-state index in [1.165, 1.54) is 0 Å². The molecule has 0 atom stereocenters. The Labute approximate surface area is 314 Å². The van der Waals surface area contributed by atoms with Gasteiger partial charge in [-0.15, -0.1) is 0 Å². The van der Waals surface area contributed by atoms with Gasteiger partial charge in [-0.3, -0.25) is 9.97 Å². The van der Waals surface area contributed by atoms with E-state index in [1.54, 1.807) is 12.4 Å². The number of anilines is 6. The first-order valence-corrected chi connectivity index (χ1v) is 17.9. The second kappa shape index (κ2) is 14.7. The van der Waals surface area contributed by atoms with Crippen molar-refractivity contribution in [1.29, 1.82) is 0 Å². The minimum Gasteiger partial charge on any atom is -0.311 e. The first-order chi connectivity index (χ1) is 26.8. The predicted molar refractivity (Wildman–Crippen MR) is 221 cm³/mol. The van der Waals surface area contributed by atoms with Crippen molar-refractivity contribution in [3.8, 4) is 0 Å². The van der Waals surface area contributed by atoms with Crippen LogP contribution in [0, 0.1) is 0 Å². The molecule has 6 heteroatoms. The summed E-state index contributed by atoms with van der Waals surface area (Å²) >= 11 is 0. The van der Waals surface area contributed by atoms with Gasteiger partial charge in [-0.1, -0.05) is 97.1 Å². The van der Waals surface area contributed by atoms with Crippen LogP contribution >= 0.6 is 0 Å². The molecular formula is C48H34N6. The van der Waals surface area contributed by atoms with Gasteiger partial charge in [0.15, 0.2) is 0 Å². The van der Waals surface area contributed by atoms with Gasteiger partial charge >= 0.3 is 0 Å². The summed E-state index contributed by atoms with van der Waals surface area (Å²) in [6.45, 7) is 0. The Bertz CT molecular complexity index is 2310. The summed E-state index contributed by atoms with van der Waals surface area (Å²) in [7, 11) is 0. The Hall–Kier alpha value is -7.44. The molecule has 0 fully saturated rings. The maximum absolute atomic E-state index is 5.29. The van der Waals surface area contributed by atoms with E-state index in [9.17, 15) is 0 Å². The molecule has 0 spiro atoms. The zero-order chi connectivity index (χ0) is 36.1. The number of pyridine rings is 2. The third-order valence-corrected chi connectivity index (χ3v) is 9.34. The van der Waals surface area contributed by atoms with Crippen molar-refractivity contribution in [3.05, 3.63) is 229 Å². The number of para-hydroxylation sites is 4. The molecular weight excluding hydrogens is 661 g/mol. The standard InChI is InChI=1S/C48H34N6/c1-5-15-37(16-6-1)53(38-17-7-2-8-18-38)41-29-25-35(26-30-41)45-47-43(23-13-33-49-47)52-46(48-44(51-45)24-14-34-50-48)36-27-31-42(32-28-36)54(39-19-9-3-10-20-39)40-21-11-4-12-22-40/h1-34H/b47-45?,48-46?,51-44?,51-45-,52-43?,52-46-. The summed E-state index contributed by atoms with van der Waals surface area (Å²) in [4.78, 5) is 24.8. The number of hydrogen-bond acceptors (Lipinski definition) is 6. The van der Waals surface area contributed by atoms with Crippen LogP contribution in [0.25, 0.3) is 0 Å². The lowest BCUT2D eigenvalue weighted by atomic mass is 10.0. The van der Waals surface area contributed by atoms with E-state index >= 15 is 0 Å². The predicted octanol–water partition coefficient (Wildman–Crippen LogP) is 12.1. The molecule has 0 aliphatic carbocycles. The molecule has 0 bridgehead atoms. The maximum Gasteiger partial charge on any atom is 0.115 e. The summed E-state index contributed by atoms with van der Waals surface area (Å²) in [5.74, 6) is 0. The van der Waals surface area contributed by atoms with Crippen molar-refractivity contribution < 1.29 is 0 Å². The molecule has 8 aromatic rings. The van der Waals surface area contributed by atoms with Crippen LogP contribution in [0.3, 0.4) is 0 Å². The van der Waals surface area contributed by atoms with Gasteiger partial charge < -0.3 is 9.80 Å². The summed E-state index contributed by atoms with van der Waals surface area (Å²) in [5.41, 5.74) is 12.6. The Balaban J connectivity index is 1.11. The molecule has 0 saturated heterocycles. The zero-order valence-corrected chi connectivity index (χ0v) is 29.3. The van der Waals surface area contributed by atoms with E-state index in [-0.39, 0.29) is 0 Å². The van der Waals surface area contributed by atoms with Crippen molar-refractivity contribution in [3.63, 3.8) is 0 Å². The first kappa shape index (κ1) is 32.5. The normalized spacial score (nSPS) is 13.9. The van der Waals surface area contributed by atoms with Crippen LogP contribution in [0.15, 0.2) is 217 Å². The summed E-state index contributed by atoms with van der Waals surface area (Å²) < 4.78 is 0. The quantitative estimate of drug-likeness (QED) is 0.159. The zero-order valence-electron chi connectivity index (χ0n) is 29.3. The van der Waals surface area contributed by atoms with Crippen molar-refractivity contribution in [2.75, 3.05) is 9.80 Å². The molecule has 256 valence electrons. The first-order valence-electron chi connectivity index (χ1n) is 17.9. The highest BCUT2D eigenvalue weighted by Gasteiger charge is 2.23. The highest BCUT2D eigenvalue weighted by atomic mass is 15.1. The largest absolute Gasteiger partial charge is 0.311 e.